The summed E-state index contributed by atoms with van der Waals surface area (Å²) in [7, 11) is 0. The molecule has 94 valence electrons. The highest BCUT2D eigenvalue weighted by Gasteiger charge is 2.42. The molecule has 0 amide bonds. The highest BCUT2D eigenvalue weighted by molar-refractivity contribution is 5.96. The molecule has 2 rings (SSSR count). The van der Waals surface area contributed by atoms with Gasteiger partial charge in [-0.05, 0) is 12.1 Å². The Labute approximate surface area is 101 Å². The van der Waals surface area contributed by atoms with Crippen molar-refractivity contribution < 1.29 is 23.4 Å². The molecule has 0 bridgehead atoms. The summed E-state index contributed by atoms with van der Waals surface area (Å²) in [6, 6.07) is 9.07. The standard InChI is InChI=1S/C12H9F2NO3/c13-12(14,11(16)17)18-10-6-2-3-7-8(10)4-1-5-9(7)15/h1-6H,15H2,(H,16,17). The number of alkyl halides is 2. The summed E-state index contributed by atoms with van der Waals surface area (Å²) < 4.78 is 30.3. The molecular formula is C12H9F2NO3. The molecule has 0 aliphatic heterocycles. The number of hydrogen-bond acceptors (Lipinski definition) is 3. The molecule has 2 aromatic carbocycles. The number of rotatable bonds is 3. The van der Waals surface area contributed by atoms with Crippen LogP contribution in [-0.4, -0.2) is 17.2 Å². The molecule has 2 aromatic rings. The lowest BCUT2D eigenvalue weighted by atomic mass is 10.1. The van der Waals surface area contributed by atoms with Crippen LogP contribution in [0.3, 0.4) is 0 Å². The van der Waals surface area contributed by atoms with Crippen LogP contribution in [-0.2, 0) is 4.79 Å². The van der Waals surface area contributed by atoms with E-state index in [1.807, 2.05) is 0 Å². The van der Waals surface area contributed by atoms with Gasteiger partial charge in [-0.2, -0.15) is 8.78 Å². The molecule has 0 atom stereocenters. The molecule has 0 saturated carbocycles. The fourth-order valence-electron chi connectivity index (χ4n) is 1.58. The van der Waals surface area contributed by atoms with E-state index in [4.69, 9.17) is 10.8 Å². The van der Waals surface area contributed by atoms with Crippen LogP contribution in [0.15, 0.2) is 36.4 Å². The zero-order valence-corrected chi connectivity index (χ0v) is 9.06. The van der Waals surface area contributed by atoms with Crippen LogP contribution in [0.25, 0.3) is 10.8 Å². The van der Waals surface area contributed by atoms with Crippen LogP contribution < -0.4 is 10.5 Å². The number of anilines is 1. The number of aliphatic carboxylic acids is 1. The monoisotopic (exact) mass is 253 g/mol. The summed E-state index contributed by atoms with van der Waals surface area (Å²) in [4.78, 5) is 10.3. The van der Waals surface area contributed by atoms with Gasteiger partial charge in [0.25, 0.3) is 0 Å². The molecule has 6 heteroatoms. The molecule has 4 nitrogen and oxygen atoms in total. The average Bonchev–Trinajstić information content (AvgIpc) is 2.30. The van der Waals surface area contributed by atoms with Crippen molar-refractivity contribution in [2.45, 2.75) is 6.11 Å². The summed E-state index contributed by atoms with van der Waals surface area (Å²) in [6.45, 7) is 0. The number of carboxylic acids is 1. The van der Waals surface area contributed by atoms with Crippen LogP contribution in [0.2, 0.25) is 0 Å². The summed E-state index contributed by atoms with van der Waals surface area (Å²) in [5, 5.41) is 9.19. The second kappa shape index (κ2) is 4.14. The third-order valence-electron chi connectivity index (χ3n) is 2.40. The maximum absolute atomic E-state index is 13.0. The predicted octanol–water partition coefficient (Wildman–Crippen LogP) is 2.48. The van der Waals surface area contributed by atoms with Crippen molar-refractivity contribution in [2.75, 3.05) is 5.73 Å². The molecule has 0 spiro atoms. The molecule has 3 N–H and O–H groups in total. The number of benzene rings is 2. The Bertz CT molecular complexity index is 613. The second-order valence-corrected chi connectivity index (χ2v) is 3.62. The van der Waals surface area contributed by atoms with Crippen LogP contribution >= 0.6 is 0 Å². The fourth-order valence-corrected chi connectivity index (χ4v) is 1.58. The Morgan fingerprint density at radius 3 is 2.44 bits per heavy atom. The second-order valence-electron chi connectivity index (χ2n) is 3.62. The molecule has 0 unspecified atom stereocenters. The third kappa shape index (κ3) is 2.04. The average molecular weight is 253 g/mol. The molecule has 0 heterocycles. The Balaban J connectivity index is 2.53. The van der Waals surface area contributed by atoms with E-state index in [-0.39, 0.29) is 5.75 Å². The maximum Gasteiger partial charge on any atom is 0.501 e. The molecule has 0 aromatic heterocycles. The zero-order chi connectivity index (χ0) is 13.3. The van der Waals surface area contributed by atoms with Crippen LogP contribution in [0, 0.1) is 0 Å². The van der Waals surface area contributed by atoms with Gasteiger partial charge in [-0.25, -0.2) is 4.79 Å². The van der Waals surface area contributed by atoms with E-state index in [0.717, 1.165) is 0 Å². The van der Waals surface area contributed by atoms with Gasteiger partial charge in [0.05, 0.1) is 0 Å². The number of carbonyl (C=O) groups is 1. The van der Waals surface area contributed by atoms with Gasteiger partial charge in [-0.1, -0.05) is 24.3 Å². The first kappa shape index (κ1) is 12.1. The van der Waals surface area contributed by atoms with Gasteiger partial charge in [-0.3, -0.25) is 0 Å². The number of carboxylic acid groups (broad SMARTS) is 1. The van der Waals surface area contributed by atoms with Gasteiger partial charge in [0.15, 0.2) is 0 Å². The number of halogens is 2. The summed E-state index contributed by atoms with van der Waals surface area (Å²) in [5.74, 6) is -2.57. The first-order valence-electron chi connectivity index (χ1n) is 4.99. The van der Waals surface area contributed by atoms with Gasteiger partial charge in [0, 0.05) is 16.5 Å². The quantitative estimate of drug-likeness (QED) is 0.824. The van der Waals surface area contributed by atoms with Gasteiger partial charge in [0.1, 0.15) is 5.75 Å². The van der Waals surface area contributed by atoms with E-state index >= 15 is 0 Å². The number of ether oxygens (including phenoxy) is 1. The first-order valence-corrected chi connectivity index (χ1v) is 4.99. The van der Waals surface area contributed by atoms with Crippen molar-refractivity contribution in [3.8, 4) is 5.75 Å². The number of fused-ring (bicyclic) bond motifs is 1. The highest BCUT2D eigenvalue weighted by Crippen LogP contribution is 2.32. The highest BCUT2D eigenvalue weighted by atomic mass is 19.3. The zero-order valence-electron chi connectivity index (χ0n) is 9.06. The van der Waals surface area contributed by atoms with E-state index in [1.54, 1.807) is 18.2 Å². The normalized spacial score (nSPS) is 11.4. The third-order valence-corrected chi connectivity index (χ3v) is 2.40. The SMILES string of the molecule is Nc1cccc2c(OC(F)(F)C(=O)O)cccc12. The molecule has 0 radical (unpaired) electrons. The van der Waals surface area contributed by atoms with E-state index < -0.39 is 12.1 Å². The molecule has 18 heavy (non-hydrogen) atoms. The lowest BCUT2D eigenvalue weighted by molar-refractivity contribution is -0.210. The lowest BCUT2D eigenvalue weighted by Crippen LogP contribution is -2.34. The maximum atomic E-state index is 13.0. The van der Waals surface area contributed by atoms with Crippen LogP contribution in [0.5, 0.6) is 5.75 Å². The molecule has 0 aliphatic carbocycles. The summed E-state index contributed by atoms with van der Waals surface area (Å²) in [5.41, 5.74) is 6.09. The number of nitrogens with two attached hydrogens (primary N) is 1. The summed E-state index contributed by atoms with van der Waals surface area (Å²) in [6.07, 6.45) is -4.28. The van der Waals surface area contributed by atoms with Gasteiger partial charge in [-0.15, -0.1) is 0 Å². The van der Waals surface area contributed by atoms with Crippen LogP contribution in [0.1, 0.15) is 0 Å². The Morgan fingerprint density at radius 2 is 1.78 bits per heavy atom. The molecule has 0 saturated heterocycles. The van der Waals surface area contributed by atoms with Crippen molar-refractivity contribution in [2.24, 2.45) is 0 Å². The Hall–Kier alpha value is -2.37. The topological polar surface area (TPSA) is 72.5 Å². The van der Waals surface area contributed by atoms with E-state index in [0.29, 0.717) is 16.5 Å². The fraction of sp³-hybridized carbons (Fsp3) is 0.0833. The van der Waals surface area contributed by atoms with Crippen molar-refractivity contribution in [1.82, 2.24) is 0 Å². The van der Waals surface area contributed by atoms with E-state index in [9.17, 15) is 13.6 Å². The number of hydrogen-bond donors (Lipinski definition) is 2. The minimum atomic E-state index is -4.28. The minimum Gasteiger partial charge on any atom is -0.474 e. The predicted molar refractivity (Wildman–Crippen MR) is 61.6 cm³/mol. The van der Waals surface area contributed by atoms with E-state index in [1.165, 1.54) is 18.2 Å². The Morgan fingerprint density at radius 1 is 1.17 bits per heavy atom. The lowest BCUT2D eigenvalue weighted by Gasteiger charge is -2.15. The molecular weight excluding hydrogens is 244 g/mol. The largest absolute Gasteiger partial charge is 0.501 e. The Kier molecular flexibility index (Phi) is 2.78. The van der Waals surface area contributed by atoms with Crippen molar-refractivity contribution in [3.63, 3.8) is 0 Å². The molecule has 0 fully saturated rings. The summed E-state index contributed by atoms with van der Waals surface area (Å²) >= 11 is 0. The van der Waals surface area contributed by atoms with Crippen molar-refractivity contribution in [1.29, 1.82) is 0 Å². The van der Waals surface area contributed by atoms with E-state index in [2.05, 4.69) is 4.74 Å². The number of nitrogen functional groups attached to an aromatic ring is 1. The van der Waals surface area contributed by atoms with Gasteiger partial charge < -0.3 is 15.6 Å². The van der Waals surface area contributed by atoms with Crippen LogP contribution in [0.4, 0.5) is 14.5 Å². The van der Waals surface area contributed by atoms with Gasteiger partial charge >= 0.3 is 12.1 Å². The molecule has 0 aliphatic rings. The smallest absolute Gasteiger partial charge is 0.474 e. The minimum absolute atomic E-state index is 0.229. The van der Waals surface area contributed by atoms with Crippen molar-refractivity contribution in [3.05, 3.63) is 36.4 Å². The van der Waals surface area contributed by atoms with Crippen molar-refractivity contribution >= 4 is 22.4 Å². The van der Waals surface area contributed by atoms with Gasteiger partial charge in [0.2, 0.25) is 0 Å². The first-order chi connectivity index (χ1) is 8.42.